The molecule has 5 nitrogen and oxygen atoms in total. The Morgan fingerprint density at radius 1 is 1.12 bits per heavy atom. The van der Waals surface area contributed by atoms with E-state index in [1.54, 1.807) is 22.9 Å². The lowest BCUT2D eigenvalue weighted by Crippen LogP contribution is -2.24. The smallest absolute Gasteiger partial charge is 0.259 e. The van der Waals surface area contributed by atoms with Crippen LogP contribution in [0, 0.1) is 5.82 Å². The standard InChI is InChI=1S/C19H18ClFN2O3/c1-10(2)23-15-8-17(20)22-9-11(15)5-14(19(23)24)13-6-12(25-3)7-16(26-4)18(13)21/h5-10H,1-4H3. The summed E-state index contributed by atoms with van der Waals surface area (Å²) in [4.78, 5) is 17.2. The van der Waals surface area contributed by atoms with E-state index in [2.05, 4.69) is 4.98 Å². The topological polar surface area (TPSA) is 53.4 Å². The van der Waals surface area contributed by atoms with Crippen molar-refractivity contribution in [2.45, 2.75) is 19.9 Å². The van der Waals surface area contributed by atoms with E-state index in [1.807, 2.05) is 13.8 Å². The molecule has 0 bridgehead atoms. The minimum atomic E-state index is -0.623. The highest BCUT2D eigenvalue weighted by molar-refractivity contribution is 6.30. The molecule has 2 aromatic heterocycles. The quantitative estimate of drug-likeness (QED) is 0.631. The highest BCUT2D eigenvalue weighted by Crippen LogP contribution is 2.34. The molecule has 3 aromatic rings. The van der Waals surface area contributed by atoms with Crippen LogP contribution in [0.15, 0.2) is 35.3 Å². The van der Waals surface area contributed by atoms with Crippen molar-refractivity contribution >= 4 is 22.5 Å². The second kappa shape index (κ2) is 6.96. The summed E-state index contributed by atoms with van der Waals surface area (Å²) in [5.41, 5.74) is 0.621. The highest BCUT2D eigenvalue weighted by atomic mass is 35.5. The Hall–Kier alpha value is -2.60. The fourth-order valence-electron chi connectivity index (χ4n) is 2.95. The normalized spacial score (nSPS) is 11.2. The molecule has 0 spiro atoms. The summed E-state index contributed by atoms with van der Waals surface area (Å²) < 4.78 is 26.7. The maximum absolute atomic E-state index is 14.9. The van der Waals surface area contributed by atoms with Gasteiger partial charge < -0.3 is 14.0 Å². The largest absolute Gasteiger partial charge is 0.497 e. The van der Waals surface area contributed by atoms with Crippen molar-refractivity contribution in [3.63, 3.8) is 0 Å². The number of benzene rings is 1. The van der Waals surface area contributed by atoms with Gasteiger partial charge in [0.2, 0.25) is 0 Å². The Morgan fingerprint density at radius 3 is 2.46 bits per heavy atom. The first-order chi connectivity index (χ1) is 12.4. The molecule has 0 atom stereocenters. The van der Waals surface area contributed by atoms with Gasteiger partial charge in [-0.3, -0.25) is 4.79 Å². The van der Waals surface area contributed by atoms with E-state index in [-0.39, 0.29) is 33.6 Å². The number of pyridine rings is 2. The summed E-state index contributed by atoms with van der Waals surface area (Å²) in [6, 6.07) is 6.00. The fraction of sp³-hybridized carbons (Fsp3) is 0.263. The maximum atomic E-state index is 14.9. The number of aromatic nitrogens is 2. The zero-order valence-electron chi connectivity index (χ0n) is 14.8. The van der Waals surface area contributed by atoms with Crippen molar-refractivity contribution in [1.82, 2.24) is 9.55 Å². The van der Waals surface area contributed by atoms with E-state index >= 15 is 0 Å². The second-order valence-corrected chi connectivity index (χ2v) is 6.47. The SMILES string of the molecule is COc1cc(OC)c(F)c(-c2cc3cnc(Cl)cc3n(C(C)C)c2=O)c1. The van der Waals surface area contributed by atoms with Crippen LogP contribution in [0.5, 0.6) is 11.5 Å². The summed E-state index contributed by atoms with van der Waals surface area (Å²) in [6.45, 7) is 3.75. The molecule has 0 N–H and O–H groups in total. The number of halogens is 2. The van der Waals surface area contributed by atoms with Gasteiger partial charge in [-0.05, 0) is 32.0 Å². The Morgan fingerprint density at radius 2 is 1.85 bits per heavy atom. The molecule has 0 aliphatic carbocycles. The van der Waals surface area contributed by atoms with Gasteiger partial charge in [0.15, 0.2) is 11.6 Å². The van der Waals surface area contributed by atoms with Gasteiger partial charge in [-0.25, -0.2) is 9.37 Å². The van der Waals surface area contributed by atoms with Gasteiger partial charge in [0, 0.05) is 29.3 Å². The van der Waals surface area contributed by atoms with Gasteiger partial charge in [0.25, 0.3) is 5.56 Å². The lowest BCUT2D eigenvalue weighted by molar-refractivity contribution is 0.375. The Kier molecular flexibility index (Phi) is 4.87. The predicted octanol–water partition coefficient (Wildman–Crippen LogP) is 4.45. The van der Waals surface area contributed by atoms with Gasteiger partial charge in [-0.2, -0.15) is 0 Å². The van der Waals surface area contributed by atoms with E-state index in [9.17, 15) is 9.18 Å². The molecule has 0 aliphatic rings. The van der Waals surface area contributed by atoms with Crippen molar-refractivity contribution < 1.29 is 13.9 Å². The summed E-state index contributed by atoms with van der Waals surface area (Å²) in [5.74, 6) is -0.228. The molecule has 2 heterocycles. The number of hydrogen-bond acceptors (Lipinski definition) is 4. The zero-order valence-corrected chi connectivity index (χ0v) is 15.6. The highest BCUT2D eigenvalue weighted by Gasteiger charge is 2.20. The van der Waals surface area contributed by atoms with Crippen LogP contribution in [0.1, 0.15) is 19.9 Å². The van der Waals surface area contributed by atoms with Crippen LogP contribution in [0.2, 0.25) is 5.15 Å². The van der Waals surface area contributed by atoms with Crippen LogP contribution < -0.4 is 15.0 Å². The molecule has 7 heteroatoms. The molecule has 0 aliphatic heterocycles. The van der Waals surface area contributed by atoms with E-state index in [1.165, 1.54) is 26.4 Å². The van der Waals surface area contributed by atoms with Crippen LogP contribution in [0.25, 0.3) is 22.0 Å². The third-order valence-electron chi connectivity index (χ3n) is 4.16. The molecule has 26 heavy (non-hydrogen) atoms. The summed E-state index contributed by atoms with van der Waals surface area (Å²) >= 11 is 5.99. The van der Waals surface area contributed by atoms with Crippen LogP contribution >= 0.6 is 11.6 Å². The molecule has 0 unspecified atom stereocenters. The third kappa shape index (κ3) is 3.01. The minimum Gasteiger partial charge on any atom is -0.497 e. The summed E-state index contributed by atoms with van der Waals surface area (Å²) in [6.07, 6.45) is 1.56. The molecule has 1 aromatic carbocycles. The summed E-state index contributed by atoms with van der Waals surface area (Å²) in [7, 11) is 2.83. The molecule has 0 amide bonds. The van der Waals surface area contributed by atoms with Gasteiger partial charge in [-0.1, -0.05) is 11.6 Å². The molecule has 3 rings (SSSR count). The number of nitrogens with zero attached hydrogens (tertiary/aromatic N) is 2. The lowest BCUT2D eigenvalue weighted by Gasteiger charge is -2.17. The van der Waals surface area contributed by atoms with Crippen molar-refractivity contribution in [1.29, 1.82) is 0 Å². The van der Waals surface area contributed by atoms with Crippen molar-refractivity contribution in [2.75, 3.05) is 14.2 Å². The first-order valence-corrected chi connectivity index (χ1v) is 8.37. The average molecular weight is 377 g/mol. The zero-order chi connectivity index (χ0) is 19.0. The number of ether oxygens (including phenoxy) is 2. The third-order valence-corrected chi connectivity index (χ3v) is 4.37. The van der Waals surface area contributed by atoms with Crippen molar-refractivity contribution in [3.05, 3.63) is 51.8 Å². The molecular formula is C19H18ClFN2O3. The second-order valence-electron chi connectivity index (χ2n) is 6.08. The van der Waals surface area contributed by atoms with Crippen molar-refractivity contribution in [3.8, 4) is 22.6 Å². The minimum absolute atomic E-state index is 0.00387. The monoisotopic (exact) mass is 376 g/mol. The van der Waals surface area contributed by atoms with Crippen LogP contribution in [-0.2, 0) is 0 Å². The molecule has 0 fully saturated rings. The molecule has 0 radical (unpaired) electrons. The number of rotatable bonds is 4. The average Bonchev–Trinajstić information content (AvgIpc) is 2.61. The van der Waals surface area contributed by atoms with E-state index < -0.39 is 5.82 Å². The number of methoxy groups -OCH3 is 2. The van der Waals surface area contributed by atoms with Crippen LogP contribution in [0.3, 0.4) is 0 Å². The number of hydrogen-bond donors (Lipinski definition) is 0. The van der Waals surface area contributed by atoms with Gasteiger partial charge in [-0.15, -0.1) is 0 Å². The van der Waals surface area contributed by atoms with Crippen LogP contribution in [-0.4, -0.2) is 23.8 Å². The Balaban J connectivity index is 2.42. The predicted molar refractivity (Wildman–Crippen MR) is 99.9 cm³/mol. The molecule has 0 saturated carbocycles. The lowest BCUT2D eigenvalue weighted by atomic mass is 10.0. The van der Waals surface area contributed by atoms with E-state index in [4.69, 9.17) is 21.1 Å². The Bertz CT molecular complexity index is 1050. The fourth-order valence-corrected chi connectivity index (χ4v) is 3.10. The maximum Gasteiger partial charge on any atom is 0.259 e. The van der Waals surface area contributed by atoms with E-state index in [0.717, 1.165) is 0 Å². The van der Waals surface area contributed by atoms with Gasteiger partial charge >= 0.3 is 0 Å². The van der Waals surface area contributed by atoms with Crippen LogP contribution in [0.4, 0.5) is 4.39 Å². The molecular weight excluding hydrogens is 359 g/mol. The van der Waals surface area contributed by atoms with Gasteiger partial charge in [0.1, 0.15) is 10.9 Å². The van der Waals surface area contributed by atoms with Crippen molar-refractivity contribution in [2.24, 2.45) is 0 Å². The van der Waals surface area contributed by atoms with Gasteiger partial charge in [0.05, 0.1) is 25.3 Å². The summed E-state index contributed by atoms with van der Waals surface area (Å²) in [5, 5.41) is 0.965. The first-order valence-electron chi connectivity index (χ1n) is 8.00. The molecule has 136 valence electrons. The first kappa shape index (κ1) is 18.2. The Labute approximate surface area is 155 Å². The number of fused-ring (bicyclic) bond motifs is 1. The van der Waals surface area contributed by atoms with E-state index in [0.29, 0.717) is 16.7 Å². The molecule has 0 saturated heterocycles.